The van der Waals surface area contributed by atoms with Gasteiger partial charge in [-0.3, -0.25) is 10.8 Å². The first-order chi connectivity index (χ1) is 12.6. The van der Waals surface area contributed by atoms with Crippen LogP contribution in [-0.2, 0) is 0 Å². The molecule has 0 saturated heterocycles. The van der Waals surface area contributed by atoms with Gasteiger partial charge in [0.1, 0.15) is 0 Å². The van der Waals surface area contributed by atoms with Gasteiger partial charge in [0.05, 0.1) is 11.1 Å². The molecule has 0 aliphatic carbocycles. The van der Waals surface area contributed by atoms with Gasteiger partial charge < -0.3 is 33.1 Å². The van der Waals surface area contributed by atoms with Crippen molar-refractivity contribution in [3.8, 4) is 0 Å². The highest BCUT2D eigenvalue weighted by molar-refractivity contribution is 7.99. The molecule has 0 atom stereocenters. The Morgan fingerprint density at radius 3 is 1.22 bits per heavy atom. The van der Waals surface area contributed by atoms with Crippen LogP contribution in [0.3, 0.4) is 0 Å². The molecule has 2 aromatic rings. The Hall–Kier alpha value is -3.73. The largest absolute Gasteiger partial charge is 0.478 e. The van der Waals surface area contributed by atoms with E-state index in [0.717, 1.165) is 11.8 Å². The quantitative estimate of drug-likeness (QED) is 0.273. The molecular weight excluding hydrogens is 372 g/mol. The number of carboxylic acids is 2. The minimum Gasteiger partial charge on any atom is -0.478 e. The number of carbonyl (C=O) groups is 2. The van der Waals surface area contributed by atoms with Gasteiger partial charge in [-0.25, -0.2) is 9.59 Å². The van der Waals surface area contributed by atoms with Crippen LogP contribution in [0.4, 0.5) is 0 Å². The van der Waals surface area contributed by atoms with Crippen molar-refractivity contribution >= 4 is 35.6 Å². The fourth-order valence-electron chi connectivity index (χ4n) is 1.58. The Morgan fingerprint density at radius 1 is 0.704 bits per heavy atom. The molecule has 0 unspecified atom stereocenters. The smallest absolute Gasteiger partial charge is 0.336 e. The number of rotatable bonds is 4. The maximum absolute atomic E-state index is 11.1. The highest BCUT2D eigenvalue weighted by Crippen LogP contribution is 2.32. The van der Waals surface area contributed by atoms with E-state index >= 15 is 0 Å². The van der Waals surface area contributed by atoms with Crippen LogP contribution in [0.1, 0.15) is 20.7 Å². The van der Waals surface area contributed by atoms with E-state index in [1.165, 1.54) is 12.1 Å². The van der Waals surface area contributed by atoms with Crippen LogP contribution in [-0.4, -0.2) is 34.1 Å². The maximum atomic E-state index is 11.1. The zero-order chi connectivity index (χ0) is 21.0. The van der Waals surface area contributed by atoms with Gasteiger partial charge in [0, 0.05) is 9.79 Å². The summed E-state index contributed by atoms with van der Waals surface area (Å²) in [5.41, 5.74) is 18.2. The van der Waals surface area contributed by atoms with Crippen LogP contribution in [0.25, 0.3) is 0 Å². The monoisotopic (exact) mass is 392 g/mol. The lowest BCUT2D eigenvalue weighted by Gasteiger charge is -2.07. The molecular formula is C16H20N6O4S. The van der Waals surface area contributed by atoms with Gasteiger partial charge in [0.25, 0.3) is 0 Å². The second-order valence-corrected chi connectivity index (χ2v) is 5.70. The first kappa shape index (κ1) is 23.3. The van der Waals surface area contributed by atoms with Crippen LogP contribution in [0.15, 0.2) is 58.3 Å². The zero-order valence-electron chi connectivity index (χ0n) is 14.0. The number of hydrogen-bond donors (Lipinski definition) is 8. The van der Waals surface area contributed by atoms with E-state index in [0.29, 0.717) is 9.79 Å². The molecule has 0 aliphatic rings. The number of hydrogen-bond acceptors (Lipinski definition) is 5. The topological polar surface area (TPSA) is 226 Å². The van der Waals surface area contributed by atoms with Crippen molar-refractivity contribution in [2.75, 3.05) is 0 Å². The number of carboxylic acid groups (broad SMARTS) is 2. The van der Waals surface area contributed by atoms with Gasteiger partial charge in [0.15, 0.2) is 11.9 Å². The molecule has 0 heterocycles. The molecule has 11 heteroatoms. The molecule has 0 fully saturated rings. The summed E-state index contributed by atoms with van der Waals surface area (Å²) in [6.45, 7) is 0. The maximum Gasteiger partial charge on any atom is 0.336 e. The summed E-state index contributed by atoms with van der Waals surface area (Å²) in [5.74, 6) is -2.73. The predicted molar refractivity (Wildman–Crippen MR) is 103 cm³/mol. The third-order valence-corrected chi connectivity index (χ3v) is 3.61. The molecule has 2 aromatic carbocycles. The summed E-state index contributed by atoms with van der Waals surface area (Å²) >= 11 is 1.14. The van der Waals surface area contributed by atoms with Crippen LogP contribution in [0.2, 0.25) is 0 Å². The number of nitrogens with two attached hydrogens (primary N) is 4. The Kier molecular flexibility index (Phi) is 10.1. The van der Waals surface area contributed by atoms with Crippen LogP contribution in [0, 0.1) is 10.8 Å². The lowest BCUT2D eigenvalue weighted by atomic mass is 10.2. The normalized spacial score (nSPS) is 8.89. The summed E-state index contributed by atoms with van der Waals surface area (Å²) in [6.07, 6.45) is 0. The fourth-order valence-corrected chi connectivity index (χ4v) is 2.64. The third-order valence-electron chi connectivity index (χ3n) is 2.45. The highest BCUT2D eigenvalue weighted by atomic mass is 32.2. The van der Waals surface area contributed by atoms with Crippen molar-refractivity contribution in [3.63, 3.8) is 0 Å². The molecule has 2 rings (SSSR count). The molecule has 27 heavy (non-hydrogen) atoms. The molecule has 0 aliphatic heterocycles. The molecule has 0 spiro atoms. The minimum atomic E-state index is -1.03. The van der Waals surface area contributed by atoms with Crippen molar-refractivity contribution in [2.24, 2.45) is 22.9 Å². The van der Waals surface area contributed by atoms with E-state index in [1.54, 1.807) is 36.4 Å². The Balaban J connectivity index is 0.000000718. The summed E-state index contributed by atoms with van der Waals surface area (Å²) in [4.78, 5) is 23.2. The van der Waals surface area contributed by atoms with E-state index < -0.39 is 11.9 Å². The van der Waals surface area contributed by atoms with E-state index in [2.05, 4.69) is 22.9 Å². The van der Waals surface area contributed by atoms with Crippen LogP contribution < -0.4 is 22.9 Å². The van der Waals surface area contributed by atoms with Crippen molar-refractivity contribution in [1.29, 1.82) is 10.8 Å². The first-order valence-corrected chi connectivity index (χ1v) is 7.89. The molecule has 0 aromatic heterocycles. The Bertz CT molecular complexity index is 753. The molecule has 12 N–H and O–H groups in total. The van der Waals surface area contributed by atoms with Gasteiger partial charge in [0.2, 0.25) is 0 Å². The van der Waals surface area contributed by atoms with Gasteiger partial charge in [-0.2, -0.15) is 0 Å². The van der Waals surface area contributed by atoms with Gasteiger partial charge >= 0.3 is 11.9 Å². The SMILES string of the molecule is N=C(N)N.N=C(N)N.O=C(O)c1ccccc1Sc1ccccc1C(=O)O. The number of benzene rings is 2. The van der Waals surface area contributed by atoms with E-state index in [1.807, 2.05) is 0 Å². The molecule has 0 amide bonds. The second-order valence-electron chi connectivity index (χ2n) is 4.62. The average molecular weight is 392 g/mol. The third kappa shape index (κ3) is 9.99. The highest BCUT2D eigenvalue weighted by Gasteiger charge is 2.14. The van der Waals surface area contributed by atoms with E-state index in [9.17, 15) is 9.59 Å². The number of aromatic carboxylic acids is 2. The predicted octanol–water partition coefficient (Wildman–Crippen LogP) is 0.911. The summed E-state index contributed by atoms with van der Waals surface area (Å²) in [6, 6.07) is 13.0. The molecule has 144 valence electrons. The molecule has 0 bridgehead atoms. The van der Waals surface area contributed by atoms with Crippen molar-refractivity contribution in [1.82, 2.24) is 0 Å². The average Bonchev–Trinajstić information content (AvgIpc) is 2.54. The van der Waals surface area contributed by atoms with Crippen molar-refractivity contribution in [2.45, 2.75) is 9.79 Å². The first-order valence-electron chi connectivity index (χ1n) is 7.07. The second kappa shape index (κ2) is 11.8. The molecule has 10 nitrogen and oxygen atoms in total. The fraction of sp³-hybridized carbons (Fsp3) is 0. The summed E-state index contributed by atoms with van der Waals surface area (Å²) < 4.78 is 0. The molecule has 0 radical (unpaired) electrons. The van der Waals surface area contributed by atoms with Crippen LogP contribution in [0.5, 0.6) is 0 Å². The van der Waals surface area contributed by atoms with Gasteiger partial charge in [-0.15, -0.1) is 0 Å². The minimum absolute atomic E-state index is 0.160. The summed E-state index contributed by atoms with van der Waals surface area (Å²) in [7, 11) is 0. The van der Waals surface area contributed by atoms with Gasteiger partial charge in [-0.1, -0.05) is 36.0 Å². The van der Waals surface area contributed by atoms with E-state index in [4.69, 9.17) is 21.0 Å². The van der Waals surface area contributed by atoms with Crippen LogP contribution >= 0.6 is 11.8 Å². The summed E-state index contributed by atoms with van der Waals surface area (Å²) in [5, 5.41) is 30.3. The lowest BCUT2D eigenvalue weighted by molar-refractivity contribution is 0.0683. The molecule has 0 saturated carbocycles. The number of nitrogens with one attached hydrogen (secondary N) is 2. The van der Waals surface area contributed by atoms with Gasteiger partial charge in [-0.05, 0) is 24.3 Å². The van der Waals surface area contributed by atoms with Crippen molar-refractivity contribution in [3.05, 3.63) is 59.7 Å². The zero-order valence-corrected chi connectivity index (χ0v) is 14.9. The van der Waals surface area contributed by atoms with E-state index in [-0.39, 0.29) is 23.0 Å². The van der Waals surface area contributed by atoms with Crippen molar-refractivity contribution < 1.29 is 19.8 Å². The lowest BCUT2D eigenvalue weighted by Crippen LogP contribution is -2.20. The Labute approximate surface area is 159 Å². The Morgan fingerprint density at radius 2 is 0.963 bits per heavy atom. The number of guanidine groups is 2. The standard InChI is InChI=1S/C14H10O4S.2CH5N3/c15-13(16)9-5-1-3-7-11(9)19-12-8-4-2-6-10(12)14(17)18;2*2-1(3)4/h1-8H,(H,15,16)(H,17,18);2*(H5,2,3,4).